The molecule has 1 aromatic carbocycles. The van der Waals surface area contributed by atoms with E-state index in [0.717, 1.165) is 5.56 Å². The molecular weight excluding hydrogens is 464 g/mol. The Hall–Kier alpha value is -3.73. The molecule has 2 aromatic rings. The summed E-state index contributed by atoms with van der Waals surface area (Å²) in [6.07, 6.45) is 5.61. The van der Waals surface area contributed by atoms with Crippen LogP contribution in [0.5, 0.6) is 0 Å². The Bertz CT molecular complexity index is 1080. The van der Waals surface area contributed by atoms with Crippen LogP contribution in [0.15, 0.2) is 42.9 Å². The van der Waals surface area contributed by atoms with Gasteiger partial charge in [0.05, 0.1) is 12.4 Å². The maximum atomic E-state index is 13.7. The third kappa shape index (κ3) is 5.73. The van der Waals surface area contributed by atoms with E-state index in [-0.39, 0.29) is 12.3 Å². The number of hydrogen-bond acceptors (Lipinski definition) is 6. The van der Waals surface area contributed by atoms with Crippen molar-refractivity contribution in [3.05, 3.63) is 54.1 Å². The Kier molecular flexibility index (Phi) is 7.99. The minimum absolute atomic E-state index is 0.154. The number of nitrogens with one attached hydrogen (secondary N) is 2. The van der Waals surface area contributed by atoms with Gasteiger partial charge in [0, 0.05) is 31.4 Å². The number of nitrogens with zero attached hydrogens (tertiary/aromatic N) is 3. The van der Waals surface area contributed by atoms with Crippen molar-refractivity contribution in [1.82, 2.24) is 25.1 Å². The molecule has 0 bridgehead atoms. The average Bonchev–Trinajstić information content (AvgIpc) is 3.65. The van der Waals surface area contributed by atoms with Crippen molar-refractivity contribution in [2.45, 2.75) is 62.7 Å². The standard InChI is InChI=1S/C25H32N6O5/c26-18(12-16-6-2-1-3-7-16)22(32)29-19(13-17-14-27-15-28-17)23(33)30-10-4-8-20(30)24(34)31-11-5-9-21(31)25(35)36/h1-3,6-7,14-15,18-21H,4-5,8-13,26H2,(H,27,28)(H,29,32)(H,35,36). The number of H-pyrrole nitrogens is 1. The number of hydrogen-bond donors (Lipinski definition) is 4. The molecule has 0 radical (unpaired) electrons. The topological polar surface area (TPSA) is 162 Å². The van der Waals surface area contributed by atoms with Crippen molar-refractivity contribution in [3.63, 3.8) is 0 Å². The fourth-order valence-electron chi connectivity index (χ4n) is 5.02. The second-order valence-corrected chi connectivity index (χ2v) is 9.36. The van der Waals surface area contributed by atoms with E-state index in [4.69, 9.17) is 5.73 Å². The van der Waals surface area contributed by atoms with Gasteiger partial charge in [-0.2, -0.15) is 0 Å². The number of aliphatic carboxylic acids is 1. The van der Waals surface area contributed by atoms with Crippen LogP contribution in [-0.2, 0) is 32.0 Å². The van der Waals surface area contributed by atoms with Gasteiger partial charge in [-0.1, -0.05) is 30.3 Å². The Morgan fingerprint density at radius 3 is 2.42 bits per heavy atom. The number of amides is 3. The van der Waals surface area contributed by atoms with Crippen molar-refractivity contribution < 1.29 is 24.3 Å². The molecule has 5 N–H and O–H groups in total. The van der Waals surface area contributed by atoms with Crippen LogP contribution in [0.1, 0.15) is 36.9 Å². The highest BCUT2D eigenvalue weighted by molar-refractivity contribution is 5.95. The summed E-state index contributed by atoms with van der Waals surface area (Å²) in [5.41, 5.74) is 7.71. The van der Waals surface area contributed by atoms with Crippen LogP contribution in [0.4, 0.5) is 0 Å². The normalized spacial score (nSPS) is 21.2. The number of carboxylic acid groups (broad SMARTS) is 1. The van der Waals surface area contributed by atoms with Gasteiger partial charge in [0.25, 0.3) is 0 Å². The molecule has 4 atom stereocenters. The molecule has 1 aromatic heterocycles. The fourth-order valence-corrected chi connectivity index (χ4v) is 5.02. The summed E-state index contributed by atoms with van der Waals surface area (Å²) in [5, 5.41) is 12.3. The first kappa shape index (κ1) is 25.4. The maximum Gasteiger partial charge on any atom is 0.326 e. The lowest BCUT2D eigenvalue weighted by atomic mass is 10.0. The van der Waals surface area contributed by atoms with E-state index in [2.05, 4.69) is 15.3 Å². The molecule has 0 spiro atoms. The summed E-state index contributed by atoms with van der Waals surface area (Å²) in [5.74, 6) is -2.25. The van der Waals surface area contributed by atoms with Crippen molar-refractivity contribution in [2.24, 2.45) is 5.73 Å². The predicted octanol–water partition coefficient (Wildman–Crippen LogP) is 0.0736. The van der Waals surface area contributed by atoms with Gasteiger partial charge in [0.15, 0.2) is 0 Å². The number of aromatic nitrogens is 2. The quantitative estimate of drug-likeness (QED) is 0.382. The molecule has 2 fully saturated rings. The highest BCUT2D eigenvalue weighted by atomic mass is 16.4. The molecule has 4 unspecified atom stereocenters. The lowest BCUT2D eigenvalue weighted by Gasteiger charge is -2.32. The number of likely N-dealkylation sites (tertiary alicyclic amines) is 2. The van der Waals surface area contributed by atoms with Crippen molar-refractivity contribution in [3.8, 4) is 0 Å². The van der Waals surface area contributed by atoms with Gasteiger partial charge in [-0.3, -0.25) is 14.4 Å². The molecule has 2 saturated heterocycles. The van der Waals surface area contributed by atoms with Gasteiger partial charge in [-0.15, -0.1) is 0 Å². The summed E-state index contributed by atoms with van der Waals surface area (Å²) in [7, 11) is 0. The summed E-state index contributed by atoms with van der Waals surface area (Å²) in [4.78, 5) is 61.3. The van der Waals surface area contributed by atoms with Crippen molar-refractivity contribution >= 4 is 23.7 Å². The lowest BCUT2D eigenvalue weighted by molar-refractivity contribution is -0.152. The largest absolute Gasteiger partial charge is 0.480 e. The molecular formula is C25H32N6O5. The van der Waals surface area contributed by atoms with Gasteiger partial charge in [-0.25, -0.2) is 9.78 Å². The number of carbonyl (C=O) groups excluding carboxylic acids is 3. The number of benzene rings is 1. The van der Waals surface area contributed by atoms with Crippen LogP contribution < -0.4 is 11.1 Å². The van der Waals surface area contributed by atoms with Crippen LogP contribution >= 0.6 is 0 Å². The fraction of sp³-hybridized carbons (Fsp3) is 0.480. The van der Waals surface area contributed by atoms with Crippen LogP contribution in [0, 0.1) is 0 Å². The van der Waals surface area contributed by atoms with E-state index in [1.165, 1.54) is 16.1 Å². The molecule has 0 saturated carbocycles. The minimum atomic E-state index is -1.03. The molecule has 0 aliphatic carbocycles. The summed E-state index contributed by atoms with van der Waals surface area (Å²) >= 11 is 0. The molecule has 2 aliphatic rings. The van der Waals surface area contributed by atoms with Crippen LogP contribution in [-0.4, -0.2) is 85.8 Å². The number of imidazole rings is 1. The Morgan fingerprint density at radius 1 is 1.06 bits per heavy atom. The summed E-state index contributed by atoms with van der Waals surface area (Å²) < 4.78 is 0. The highest BCUT2D eigenvalue weighted by Crippen LogP contribution is 2.26. The van der Waals surface area contributed by atoms with Crippen molar-refractivity contribution in [1.29, 1.82) is 0 Å². The first-order chi connectivity index (χ1) is 17.3. The number of carboxylic acids is 1. The second kappa shape index (κ2) is 11.3. The van der Waals surface area contributed by atoms with Crippen LogP contribution in [0.25, 0.3) is 0 Å². The zero-order valence-electron chi connectivity index (χ0n) is 20.0. The third-order valence-corrected chi connectivity index (χ3v) is 6.87. The highest BCUT2D eigenvalue weighted by Gasteiger charge is 2.43. The van der Waals surface area contributed by atoms with Gasteiger partial charge in [-0.05, 0) is 37.7 Å². The second-order valence-electron chi connectivity index (χ2n) is 9.36. The molecule has 2 aliphatic heterocycles. The smallest absolute Gasteiger partial charge is 0.326 e. The molecule has 11 heteroatoms. The van der Waals surface area contributed by atoms with Crippen LogP contribution in [0.2, 0.25) is 0 Å². The molecule has 36 heavy (non-hydrogen) atoms. The molecule has 192 valence electrons. The lowest BCUT2D eigenvalue weighted by Crippen LogP contribution is -2.57. The number of nitrogens with two attached hydrogens (primary N) is 1. The first-order valence-corrected chi connectivity index (χ1v) is 12.3. The van der Waals surface area contributed by atoms with Crippen molar-refractivity contribution in [2.75, 3.05) is 13.1 Å². The summed E-state index contributed by atoms with van der Waals surface area (Å²) in [6.45, 7) is 0.712. The molecule has 11 nitrogen and oxygen atoms in total. The maximum absolute atomic E-state index is 13.7. The molecule has 3 amide bonds. The Balaban J connectivity index is 1.48. The van der Waals surface area contributed by atoms with E-state index in [0.29, 0.717) is 50.9 Å². The van der Waals surface area contributed by atoms with E-state index in [1.807, 2.05) is 30.3 Å². The molecule has 3 heterocycles. The number of carbonyl (C=O) groups is 4. The zero-order valence-corrected chi connectivity index (χ0v) is 20.0. The monoisotopic (exact) mass is 496 g/mol. The van der Waals surface area contributed by atoms with Gasteiger partial charge < -0.3 is 30.9 Å². The van der Waals surface area contributed by atoms with Gasteiger partial charge in [0.2, 0.25) is 17.7 Å². The molecule has 4 rings (SSSR count). The van der Waals surface area contributed by atoms with Crippen LogP contribution in [0.3, 0.4) is 0 Å². The van der Waals surface area contributed by atoms with E-state index >= 15 is 0 Å². The minimum Gasteiger partial charge on any atom is -0.480 e. The van der Waals surface area contributed by atoms with Gasteiger partial charge in [0.1, 0.15) is 18.1 Å². The van der Waals surface area contributed by atoms with E-state index < -0.39 is 42.0 Å². The Labute approximate surface area is 209 Å². The Morgan fingerprint density at radius 2 is 1.75 bits per heavy atom. The zero-order chi connectivity index (χ0) is 25.7. The van der Waals surface area contributed by atoms with Gasteiger partial charge >= 0.3 is 5.97 Å². The number of aromatic amines is 1. The first-order valence-electron chi connectivity index (χ1n) is 12.3. The van der Waals surface area contributed by atoms with E-state index in [1.54, 1.807) is 6.20 Å². The van der Waals surface area contributed by atoms with E-state index in [9.17, 15) is 24.3 Å². The summed E-state index contributed by atoms with van der Waals surface area (Å²) in [6, 6.07) is 5.93. The average molecular weight is 497 g/mol. The third-order valence-electron chi connectivity index (χ3n) is 6.87. The number of rotatable bonds is 9. The SMILES string of the molecule is NC(Cc1ccccc1)C(=O)NC(Cc1cnc[nH]1)C(=O)N1CCCC1C(=O)N1CCCC1C(=O)O. The predicted molar refractivity (Wildman–Crippen MR) is 129 cm³/mol.